The van der Waals surface area contributed by atoms with Crippen LogP contribution in [0.1, 0.15) is 5.56 Å². The first-order chi connectivity index (χ1) is 8.60. The zero-order valence-electron chi connectivity index (χ0n) is 9.54. The van der Waals surface area contributed by atoms with E-state index in [9.17, 15) is 0 Å². The van der Waals surface area contributed by atoms with E-state index in [1.807, 2.05) is 25.1 Å². The number of hydrazine groups is 1. The summed E-state index contributed by atoms with van der Waals surface area (Å²) in [7, 11) is 0. The first-order valence-electron chi connectivity index (χ1n) is 5.12. The molecule has 1 heterocycles. The highest BCUT2D eigenvalue weighted by Gasteiger charge is 2.06. The number of hydrogen-bond donors (Lipinski definition) is 3. The van der Waals surface area contributed by atoms with Crippen molar-refractivity contribution in [2.45, 2.75) is 6.92 Å². The average Bonchev–Trinajstić information content (AvgIpc) is 2.35. The summed E-state index contributed by atoms with van der Waals surface area (Å²) < 4.78 is 1.01. The van der Waals surface area contributed by atoms with Gasteiger partial charge in [-0.05, 0) is 47.7 Å². The molecule has 0 atom stereocenters. The second kappa shape index (κ2) is 5.68. The Morgan fingerprint density at radius 1 is 1.39 bits per heavy atom. The summed E-state index contributed by atoms with van der Waals surface area (Å²) in [5.41, 5.74) is 4.28. The predicted octanol–water partition coefficient (Wildman–Crippen LogP) is 3.07. The van der Waals surface area contributed by atoms with E-state index in [1.165, 1.54) is 0 Å². The molecule has 0 unspecified atom stereocenters. The Bertz CT molecular complexity index is 575. The van der Waals surface area contributed by atoms with Crippen molar-refractivity contribution >= 4 is 51.6 Å². The number of aryl methyl sites for hydroxylation is 1. The number of aromatic nitrogens is 2. The maximum absolute atomic E-state index is 5.91. The SMILES string of the molecule is Cc1cnc(NN)nc1Nc1ccc(Cl)cc1I. The second-order valence-electron chi connectivity index (χ2n) is 3.62. The molecule has 7 heteroatoms. The first kappa shape index (κ1) is 13.3. The van der Waals surface area contributed by atoms with Crippen molar-refractivity contribution in [1.29, 1.82) is 0 Å². The molecule has 2 aromatic rings. The minimum atomic E-state index is 0.368. The highest BCUT2D eigenvalue weighted by atomic mass is 127. The van der Waals surface area contributed by atoms with Crippen LogP contribution in [0, 0.1) is 10.5 Å². The molecule has 1 aromatic carbocycles. The van der Waals surface area contributed by atoms with Crippen LogP contribution >= 0.6 is 34.2 Å². The number of halogens is 2. The zero-order valence-corrected chi connectivity index (χ0v) is 12.5. The van der Waals surface area contributed by atoms with Crippen molar-refractivity contribution in [1.82, 2.24) is 9.97 Å². The minimum absolute atomic E-state index is 0.368. The summed E-state index contributed by atoms with van der Waals surface area (Å²) in [4.78, 5) is 8.28. The monoisotopic (exact) mass is 375 g/mol. The Morgan fingerprint density at radius 2 is 2.17 bits per heavy atom. The van der Waals surface area contributed by atoms with Gasteiger partial charge in [0.05, 0.1) is 5.69 Å². The van der Waals surface area contributed by atoms with E-state index in [-0.39, 0.29) is 0 Å². The molecule has 2 rings (SSSR count). The highest BCUT2D eigenvalue weighted by molar-refractivity contribution is 14.1. The van der Waals surface area contributed by atoms with Gasteiger partial charge in [-0.15, -0.1) is 0 Å². The summed E-state index contributed by atoms with van der Waals surface area (Å²) in [5, 5.41) is 3.93. The van der Waals surface area contributed by atoms with Crippen LogP contribution in [0.2, 0.25) is 5.02 Å². The van der Waals surface area contributed by atoms with Crippen molar-refractivity contribution in [2.75, 3.05) is 10.7 Å². The standard InChI is InChI=1S/C11H11ClIN5/c1-6-5-15-11(18-14)17-10(6)16-9-3-2-7(12)4-8(9)13/h2-5H,14H2,1H3,(H2,15,16,17,18). The topological polar surface area (TPSA) is 75.9 Å². The molecule has 4 N–H and O–H groups in total. The summed E-state index contributed by atoms with van der Waals surface area (Å²) >= 11 is 8.13. The largest absolute Gasteiger partial charge is 0.339 e. The Labute approximate surface area is 123 Å². The number of nitrogen functional groups attached to an aromatic ring is 1. The fraction of sp³-hybridized carbons (Fsp3) is 0.0909. The molecule has 0 radical (unpaired) electrons. The normalized spacial score (nSPS) is 10.2. The molecule has 0 fully saturated rings. The molecule has 0 saturated heterocycles. The Balaban J connectivity index is 2.33. The lowest BCUT2D eigenvalue weighted by molar-refractivity contribution is 1.09. The molecule has 1 aromatic heterocycles. The molecule has 0 amide bonds. The van der Waals surface area contributed by atoms with Gasteiger partial charge in [-0.3, -0.25) is 5.43 Å². The van der Waals surface area contributed by atoms with Gasteiger partial charge in [0.25, 0.3) is 0 Å². The molecule has 18 heavy (non-hydrogen) atoms. The lowest BCUT2D eigenvalue weighted by Gasteiger charge is -2.11. The van der Waals surface area contributed by atoms with Crippen LogP contribution in [0.3, 0.4) is 0 Å². The number of rotatable bonds is 3. The van der Waals surface area contributed by atoms with E-state index in [2.05, 4.69) is 43.3 Å². The molecule has 94 valence electrons. The van der Waals surface area contributed by atoms with Gasteiger partial charge >= 0.3 is 0 Å². The predicted molar refractivity (Wildman–Crippen MR) is 82.0 cm³/mol. The van der Waals surface area contributed by atoms with E-state index in [4.69, 9.17) is 17.4 Å². The summed E-state index contributed by atoms with van der Waals surface area (Å²) in [5.74, 6) is 6.36. The Morgan fingerprint density at radius 3 is 2.83 bits per heavy atom. The number of nitrogens with zero attached hydrogens (tertiary/aromatic N) is 2. The molecule has 0 aliphatic rings. The van der Waals surface area contributed by atoms with Gasteiger partial charge < -0.3 is 5.32 Å². The maximum atomic E-state index is 5.91. The van der Waals surface area contributed by atoms with E-state index < -0.39 is 0 Å². The van der Waals surface area contributed by atoms with Crippen molar-refractivity contribution in [2.24, 2.45) is 5.84 Å². The number of benzene rings is 1. The van der Waals surface area contributed by atoms with Crippen molar-refractivity contribution in [3.8, 4) is 0 Å². The van der Waals surface area contributed by atoms with Crippen molar-refractivity contribution in [3.63, 3.8) is 0 Å². The minimum Gasteiger partial charge on any atom is -0.339 e. The fourth-order valence-electron chi connectivity index (χ4n) is 1.36. The maximum Gasteiger partial charge on any atom is 0.239 e. The van der Waals surface area contributed by atoms with E-state index >= 15 is 0 Å². The van der Waals surface area contributed by atoms with Crippen LogP contribution in [-0.4, -0.2) is 9.97 Å². The molecule has 0 spiro atoms. The Hall–Kier alpha value is -1.12. The Kier molecular flexibility index (Phi) is 4.20. The van der Waals surface area contributed by atoms with Crippen LogP contribution < -0.4 is 16.6 Å². The smallest absolute Gasteiger partial charge is 0.239 e. The van der Waals surface area contributed by atoms with Crippen molar-refractivity contribution < 1.29 is 0 Å². The number of anilines is 3. The van der Waals surface area contributed by atoms with Crippen LogP contribution in [0.25, 0.3) is 0 Å². The highest BCUT2D eigenvalue weighted by Crippen LogP contribution is 2.26. The molecule has 0 bridgehead atoms. The molecule has 0 aliphatic carbocycles. The van der Waals surface area contributed by atoms with Crippen molar-refractivity contribution in [3.05, 3.63) is 38.6 Å². The van der Waals surface area contributed by atoms with E-state index in [0.717, 1.165) is 14.8 Å². The summed E-state index contributed by atoms with van der Waals surface area (Å²) in [6, 6.07) is 5.61. The van der Waals surface area contributed by atoms with Gasteiger partial charge in [-0.25, -0.2) is 10.8 Å². The van der Waals surface area contributed by atoms with E-state index in [0.29, 0.717) is 16.8 Å². The van der Waals surface area contributed by atoms with Crippen LogP contribution in [-0.2, 0) is 0 Å². The fourth-order valence-corrected chi connectivity index (χ4v) is 2.36. The quantitative estimate of drug-likeness (QED) is 0.437. The third-order valence-corrected chi connectivity index (χ3v) is 3.41. The molecule has 0 saturated carbocycles. The van der Waals surface area contributed by atoms with Crippen LogP contribution in [0.5, 0.6) is 0 Å². The van der Waals surface area contributed by atoms with Gasteiger partial charge in [0, 0.05) is 20.4 Å². The van der Waals surface area contributed by atoms with Gasteiger partial charge in [0.15, 0.2) is 0 Å². The summed E-state index contributed by atoms with van der Waals surface area (Å²) in [6.45, 7) is 1.92. The zero-order chi connectivity index (χ0) is 13.1. The summed E-state index contributed by atoms with van der Waals surface area (Å²) in [6.07, 6.45) is 1.70. The number of nitrogens with two attached hydrogens (primary N) is 1. The van der Waals surface area contributed by atoms with Gasteiger partial charge in [0.2, 0.25) is 5.95 Å². The lowest BCUT2D eigenvalue weighted by Crippen LogP contribution is -2.11. The lowest BCUT2D eigenvalue weighted by atomic mass is 10.3. The first-order valence-corrected chi connectivity index (χ1v) is 6.58. The van der Waals surface area contributed by atoms with Crippen LogP contribution in [0.15, 0.2) is 24.4 Å². The van der Waals surface area contributed by atoms with E-state index in [1.54, 1.807) is 6.20 Å². The third kappa shape index (κ3) is 3.01. The number of hydrogen-bond acceptors (Lipinski definition) is 5. The molecular weight excluding hydrogens is 365 g/mol. The van der Waals surface area contributed by atoms with Gasteiger partial charge in [-0.1, -0.05) is 11.6 Å². The molecule has 0 aliphatic heterocycles. The third-order valence-electron chi connectivity index (χ3n) is 2.29. The molecular formula is C11H11ClIN5. The second-order valence-corrected chi connectivity index (χ2v) is 5.22. The molecule has 5 nitrogen and oxygen atoms in total. The van der Waals surface area contributed by atoms with Gasteiger partial charge in [-0.2, -0.15) is 4.98 Å². The van der Waals surface area contributed by atoms with Gasteiger partial charge in [0.1, 0.15) is 5.82 Å². The van der Waals surface area contributed by atoms with Crippen LogP contribution in [0.4, 0.5) is 17.5 Å². The average molecular weight is 376 g/mol. The number of nitrogens with one attached hydrogen (secondary N) is 2.